The number of urea groups is 1. The quantitative estimate of drug-likeness (QED) is 0.844. The Morgan fingerprint density at radius 2 is 2.12 bits per heavy atom. The Kier molecular flexibility index (Phi) is 4.29. The van der Waals surface area contributed by atoms with Gasteiger partial charge in [-0.15, -0.1) is 10.2 Å². The molecule has 25 heavy (non-hydrogen) atoms. The monoisotopic (exact) mass is 341 g/mol. The van der Waals surface area contributed by atoms with Crippen molar-refractivity contribution in [2.24, 2.45) is 5.92 Å². The molecule has 1 aromatic heterocycles. The molecule has 7 nitrogen and oxygen atoms in total. The van der Waals surface area contributed by atoms with Crippen LogP contribution in [-0.2, 0) is 19.5 Å². The zero-order valence-electron chi connectivity index (χ0n) is 14.4. The number of hydrogen-bond donors (Lipinski definition) is 2. The standard InChI is InChI=1S/C18H23N5O2/c1-25-14-8-6-13(7-9-14)17(12-4-5-12)20-18(24)19-11-16-22-21-15-3-2-10-23(15)16/h6-9,12,17H,2-5,10-11H2,1H3,(H2,19,20,24)/t17-/m0/s1. The second-order valence-electron chi connectivity index (χ2n) is 6.70. The molecule has 2 N–H and O–H groups in total. The average molecular weight is 341 g/mol. The lowest BCUT2D eigenvalue weighted by molar-refractivity contribution is 0.234. The van der Waals surface area contributed by atoms with Gasteiger partial charge in [0.05, 0.1) is 19.7 Å². The van der Waals surface area contributed by atoms with Crippen LogP contribution < -0.4 is 15.4 Å². The maximum absolute atomic E-state index is 12.4. The number of fused-ring (bicyclic) bond motifs is 1. The second kappa shape index (κ2) is 6.74. The van der Waals surface area contributed by atoms with Crippen LogP contribution in [0.2, 0.25) is 0 Å². The average Bonchev–Trinajstić information content (AvgIpc) is 3.24. The molecule has 0 bridgehead atoms. The predicted octanol–water partition coefficient (Wildman–Crippen LogP) is 2.18. The fourth-order valence-electron chi connectivity index (χ4n) is 3.41. The summed E-state index contributed by atoms with van der Waals surface area (Å²) in [5.74, 6) is 3.18. The molecule has 0 spiro atoms. The van der Waals surface area contributed by atoms with Crippen LogP contribution in [0.3, 0.4) is 0 Å². The molecule has 132 valence electrons. The summed E-state index contributed by atoms with van der Waals surface area (Å²) < 4.78 is 7.31. The molecule has 1 fully saturated rings. The number of nitrogens with zero attached hydrogens (tertiary/aromatic N) is 3. The molecule has 2 amide bonds. The van der Waals surface area contributed by atoms with Crippen LogP contribution in [0.1, 0.15) is 42.5 Å². The Bertz CT molecular complexity index is 751. The van der Waals surface area contributed by atoms with Crippen molar-refractivity contribution in [3.63, 3.8) is 0 Å². The van der Waals surface area contributed by atoms with Gasteiger partial charge in [0, 0.05) is 13.0 Å². The van der Waals surface area contributed by atoms with Crippen molar-refractivity contribution in [2.45, 2.75) is 44.8 Å². The first kappa shape index (κ1) is 15.9. The van der Waals surface area contributed by atoms with Crippen LogP contribution in [0.15, 0.2) is 24.3 Å². The molecule has 1 atom stereocenters. The van der Waals surface area contributed by atoms with Crippen LogP contribution >= 0.6 is 0 Å². The van der Waals surface area contributed by atoms with Gasteiger partial charge in [-0.2, -0.15) is 0 Å². The summed E-state index contributed by atoms with van der Waals surface area (Å²) >= 11 is 0. The number of benzene rings is 1. The molecule has 1 aromatic carbocycles. The van der Waals surface area contributed by atoms with Gasteiger partial charge in [0.2, 0.25) is 0 Å². The number of ether oxygens (including phenoxy) is 1. The van der Waals surface area contributed by atoms with Crippen LogP contribution in [0, 0.1) is 5.92 Å². The van der Waals surface area contributed by atoms with E-state index in [0.29, 0.717) is 12.5 Å². The number of carbonyl (C=O) groups is 1. The zero-order valence-corrected chi connectivity index (χ0v) is 14.4. The lowest BCUT2D eigenvalue weighted by Crippen LogP contribution is -2.38. The third-order valence-electron chi connectivity index (χ3n) is 4.95. The fraction of sp³-hybridized carbons (Fsp3) is 0.500. The largest absolute Gasteiger partial charge is 0.497 e. The van der Waals surface area contributed by atoms with Gasteiger partial charge in [0.15, 0.2) is 5.82 Å². The zero-order chi connectivity index (χ0) is 17.2. The lowest BCUT2D eigenvalue weighted by atomic mass is 10.0. The first-order chi connectivity index (χ1) is 12.2. The topological polar surface area (TPSA) is 81.1 Å². The van der Waals surface area contributed by atoms with Crippen molar-refractivity contribution in [1.82, 2.24) is 25.4 Å². The Hall–Kier alpha value is -2.57. The first-order valence-electron chi connectivity index (χ1n) is 8.84. The fourth-order valence-corrected chi connectivity index (χ4v) is 3.41. The molecule has 1 aliphatic heterocycles. The molecule has 2 heterocycles. The van der Waals surface area contributed by atoms with E-state index >= 15 is 0 Å². The summed E-state index contributed by atoms with van der Waals surface area (Å²) in [7, 11) is 1.65. The predicted molar refractivity (Wildman–Crippen MR) is 92.2 cm³/mol. The van der Waals surface area contributed by atoms with E-state index in [0.717, 1.165) is 55.2 Å². The highest BCUT2D eigenvalue weighted by Gasteiger charge is 2.33. The number of methoxy groups -OCH3 is 1. The number of rotatable bonds is 6. The molecule has 4 rings (SSSR count). The van der Waals surface area contributed by atoms with Crippen molar-refractivity contribution in [2.75, 3.05) is 7.11 Å². The van der Waals surface area contributed by atoms with Crippen LogP contribution in [0.5, 0.6) is 5.75 Å². The van der Waals surface area contributed by atoms with E-state index in [4.69, 9.17) is 4.74 Å². The number of aryl methyl sites for hydroxylation is 1. The van der Waals surface area contributed by atoms with Gasteiger partial charge >= 0.3 is 6.03 Å². The molecule has 0 saturated heterocycles. The van der Waals surface area contributed by atoms with Crippen molar-refractivity contribution in [3.05, 3.63) is 41.5 Å². The van der Waals surface area contributed by atoms with Gasteiger partial charge in [0.1, 0.15) is 11.6 Å². The van der Waals surface area contributed by atoms with Crippen molar-refractivity contribution in [1.29, 1.82) is 0 Å². The highest BCUT2D eigenvalue weighted by atomic mass is 16.5. The highest BCUT2D eigenvalue weighted by Crippen LogP contribution is 2.41. The number of aromatic nitrogens is 3. The summed E-state index contributed by atoms with van der Waals surface area (Å²) in [6.45, 7) is 1.34. The Morgan fingerprint density at radius 1 is 1.32 bits per heavy atom. The molecule has 0 radical (unpaired) electrons. The summed E-state index contributed by atoms with van der Waals surface area (Å²) in [4.78, 5) is 12.4. The number of amides is 2. The molecule has 2 aromatic rings. The van der Waals surface area contributed by atoms with Gasteiger partial charge in [0.25, 0.3) is 0 Å². The van der Waals surface area contributed by atoms with E-state index in [9.17, 15) is 4.79 Å². The van der Waals surface area contributed by atoms with Crippen LogP contribution in [0.25, 0.3) is 0 Å². The molecule has 2 aliphatic rings. The third-order valence-corrected chi connectivity index (χ3v) is 4.95. The summed E-state index contributed by atoms with van der Waals surface area (Å²) in [6.07, 6.45) is 4.37. The van der Waals surface area contributed by atoms with Gasteiger partial charge < -0.3 is 19.9 Å². The Morgan fingerprint density at radius 3 is 2.84 bits per heavy atom. The van der Waals surface area contributed by atoms with E-state index in [1.807, 2.05) is 24.3 Å². The van der Waals surface area contributed by atoms with Crippen molar-refractivity contribution in [3.8, 4) is 5.75 Å². The van der Waals surface area contributed by atoms with Crippen LogP contribution in [0.4, 0.5) is 4.79 Å². The van der Waals surface area contributed by atoms with Crippen molar-refractivity contribution >= 4 is 6.03 Å². The van der Waals surface area contributed by atoms with Gasteiger partial charge in [-0.25, -0.2) is 4.79 Å². The van der Waals surface area contributed by atoms with E-state index < -0.39 is 0 Å². The lowest BCUT2D eigenvalue weighted by Gasteiger charge is -2.19. The number of nitrogens with one attached hydrogen (secondary N) is 2. The summed E-state index contributed by atoms with van der Waals surface area (Å²) in [5.41, 5.74) is 1.11. The van der Waals surface area contributed by atoms with Crippen LogP contribution in [-0.4, -0.2) is 27.9 Å². The van der Waals surface area contributed by atoms with E-state index in [1.54, 1.807) is 7.11 Å². The first-order valence-corrected chi connectivity index (χ1v) is 8.84. The maximum Gasteiger partial charge on any atom is 0.315 e. The minimum atomic E-state index is -0.164. The molecule has 1 saturated carbocycles. The summed E-state index contributed by atoms with van der Waals surface area (Å²) in [6, 6.07) is 7.78. The minimum Gasteiger partial charge on any atom is -0.497 e. The van der Waals surface area contributed by atoms with E-state index in [-0.39, 0.29) is 12.1 Å². The highest BCUT2D eigenvalue weighted by molar-refractivity contribution is 5.74. The Balaban J connectivity index is 1.37. The molecule has 0 unspecified atom stereocenters. The molecular formula is C18H23N5O2. The van der Waals surface area contributed by atoms with E-state index in [2.05, 4.69) is 25.4 Å². The normalized spacial score (nSPS) is 17.0. The van der Waals surface area contributed by atoms with Gasteiger partial charge in [-0.1, -0.05) is 12.1 Å². The van der Waals surface area contributed by atoms with Gasteiger partial charge in [-0.05, 0) is 42.9 Å². The Labute approximate surface area is 146 Å². The summed E-state index contributed by atoms with van der Waals surface area (Å²) in [5, 5.41) is 14.4. The number of carbonyl (C=O) groups excluding carboxylic acids is 1. The maximum atomic E-state index is 12.4. The molecular weight excluding hydrogens is 318 g/mol. The van der Waals surface area contributed by atoms with Crippen molar-refractivity contribution < 1.29 is 9.53 Å². The van der Waals surface area contributed by atoms with E-state index in [1.165, 1.54) is 0 Å². The second-order valence-corrected chi connectivity index (χ2v) is 6.70. The smallest absolute Gasteiger partial charge is 0.315 e. The molecule has 7 heteroatoms. The molecule has 1 aliphatic carbocycles. The van der Waals surface area contributed by atoms with Gasteiger partial charge in [-0.3, -0.25) is 0 Å². The SMILES string of the molecule is COc1ccc([C@@H](NC(=O)NCc2nnc3n2CCC3)C2CC2)cc1. The third kappa shape index (κ3) is 3.45. The number of hydrogen-bond acceptors (Lipinski definition) is 4. The minimum absolute atomic E-state index is 0.0371.